The van der Waals surface area contributed by atoms with Crippen LogP contribution in [0.3, 0.4) is 0 Å². The smallest absolute Gasteiger partial charge is 0.264 e. The van der Waals surface area contributed by atoms with Gasteiger partial charge in [-0.25, -0.2) is 0 Å². The summed E-state index contributed by atoms with van der Waals surface area (Å²) in [5.74, 6) is -0.232. The van der Waals surface area contributed by atoms with E-state index in [1.807, 2.05) is 12.1 Å². The van der Waals surface area contributed by atoms with E-state index in [0.29, 0.717) is 5.56 Å². The maximum Gasteiger partial charge on any atom is 0.264 e. The summed E-state index contributed by atoms with van der Waals surface area (Å²) >= 11 is 12.0. The van der Waals surface area contributed by atoms with E-state index in [4.69, 9.17) is 38.5 Å². The molecule has 21 heavy (non-hydrogen) atoms. The van der Waals surface area contributed by atoms with Crippen LogP contribution in [0.1, 0.15) is 5.56 Å². The Balaban J connectivity index is 3.19. The molecule has 0 unspecified atom stereocenters. The number of benzene rings is 1. The van der Waals surface area contributed by atoms with Gasteiger partial charge in [0.05, 0.1) is 10.0 Å². The third kappa shape index (κ3) is 4.39. The molecule has 0 aliphatic rings. The highest BCUT2D eigenvalue weighted by atomic mass is 35.5. The molecule has 0 heterocycles. The normalized spacial score (nSPS) is 10.5. The number of likely N-dealkylation sites (N-methyl/N-ethyl adjacent to an activating group) is 1. The van der Waals surface area contributed by atoms with Crippen molar-refractivity contribution in [1.82, 2.24) is 4.90 Å². The van der Waals surface area contributed by atoms with Gasteiger partial charge in [0.25, 0.3) is 5.91 Å². The molecule has 5 nitrogen and oxygen atoms in total. The van der Waals surface area contributed by atoms with Crippen LogP contribution >= 0.6 is 23.2 Å². The Morgan fingerprint density at radius 3 is 2.33 bits per heavy atom. The Morgan fingerprint density at radius 1 is 1.33 bits per heavy atom. The lowest BCUT2D eigenvalue weighted by Gasteiger charge is -2.10. The summed E-state index contributed by atoms with van der Waals surface area (Å²) in [5, 5.41) is 17.9. The van der Waals surface area contributed by atoms with Gasteiger partial charge in [0.2, 0.25) is 0 Å². The second-order valence-corrected chi connectivity index (χ2v) is 4.94. The summed E-state index contributed by atoms with van der Waals surface area (Å²) in [7, 11) is 3.10. The van der Waals surface area contributed by atoms with E-state index < -0.39 is 5.91 Å². The highest BCUT2D eigenvalue weighted by molar-refractivity contribution is 6.37. The van der Waals surface area contributed by atoms with E-state index in [0.717, 1.165) is 0 Å². The Kier molecular flexibility index (Phi) is 6.05. The number of nitrogens with zero attached hydrogens (tertiary/aromatic N) is 3. The molecule has 0 aromatic heterocycles. The minimum absolute atomic E-state index is 0.0437. The zero-order valence-electron chi connectivity index (χ0n) is 11.4. The Labute approximate surface area is 132 Å². The van der Waals surface area contributed by atoms with Gasteiger partial charge in [0.1, 0.15) is 17.7 Å². The number of hydrogen-bond acceptors (Lipinski definition) is 4. The summed E-state index contributed by atoms with van der Waals surface area (Å²) in [5.41, 5.74) is 0.443. The monoisotopic (exact) mass is 323 g/mol. The maximum absolute atomic E-state index is 11.8. The lowest BCUT2D eigenvalue weighted by Crippen LogP contribution is -2.22. The van der Waals surface area contributed by atoms with Crippen molar-refractivity contribution >= 4 is 35.2 Å². The fourth-order valence-electron chi connectivity index (χ4n) is 1.45. The molecule has 0 spiro atoms. The number of hydrogen-bond donors (Lipinski definition) is 0. The van der Waals surface area contributed by atoms with E-state index in [1.165, 1.54) is 23.1 Å². The molecule has 0 saturated carbocycles. The molecule has 1 rings (SSSR count). The van der Waals surface area contributed by atoms with Crippen LogP contribution in [-0.2, 0) is 4.79 Å². The summed E-state index contributed by atoms with van der Waals surface area (Å²) in [6, 6.07) is 6.64. The molecule has 0 atom stereocenters. The van der Waals surface area contributed by atoms with Gasteiger partial charge in [-0.2, -0.15) is 10.5 Å². The Hall–Kier alpha value is -2.21. The molecule has 0 N–H and O–H groups in total. The van der Waals surface area contributed by atoms with Crippen LogP contribution in [-0.4, -0.2) is 31.5 Å². The minimum atomic E-state index is -0.422. The zero-order chi connectivity index (χ0) is 16.0. The number of amides is 1. The van der Waals surface area contributed by atoms with Gasteiger partial charge < -0.3 is 9.64 Å². The fourth-order valence-corrected chi connectivity index (χ4v) is 2.07. The van der Waals surface area contributed by atoms with E-state index >= 15 is 0 Å². The molecular formula is C14H11Cl2N3O2. The minimum Gasteiger partial charge on any atom is -0.476 e. The molecule has 0 aliphatic carbocycles. The molecule has 108 valence electrons. The molecule has 1 aromatic carbocycles. The van der Waals surface area contributed by atoms with E-state index in [-0.39, 0.29) is 28.0 Å². The largest absolute Gasteiger partial charge is 0.476 e. The highest BCUT2D eigenvalue weighted by Crippen LogP contribution is 2.34. The number of nitriles is 2. The van der Waals surface area contributed by atoms with Crippen LogP contribution < -0.4 is 4.74 Å². The number of carbonyl (C=O) groups excluding carboxylic acids is 1. The number of ether oxygens (including phenoxy) is 1. The van der Waals surface area contributed by atoms with Gasteiger partial charge in [-0.3, -0.25) is 4.79 Å². The first-order valence-electron chi connectivity index (χ1n) is 5.73. The van der Waals surface area contributed by atoms with Crippen molar-refractivity contribution in [3.63, 3.8) is 0 Å². The summed E-state index contributed by atoms with van der Waals surface area (Å²) in [6.07, 6.45) is 1.38. The first-order valence-corrected chi connectivity index (χ1v) is 6.48. The first kappa shape index (κ1) is 16.8. The molecule has 7 heteroatoms. The van der Waals surface area contributed by atoms with Crippen LogP contribution in [0.4, 0.5) is 0 Å². The van der Waals surface area contributed by atoms with Crippen LogP contribution in [0.15, 0.2) is 17.7 Å². The van der Waals surface area contributed by atoms with Crippen molar-refractivity contribution in [2.45, 2.75) is 0 Å². The molecule has 0 saturated heterocycles. The molecule has 0 radical (unpaired) electrons. The van der Waals surface area contributed by atoms with Crippen LogP contribution in [0, 0.1) is 22.7 Å². The average Bonchev–Trinajstić information content (AvgIpc) is 2.43. The van der Waals surface area contributed by atoms with Crippen molar-refractivity contribution in [1.29, 1.82) is 10.5 Å². The first-order chi connectivity index (χ1) is 9.90. The van der Waals surface area contributed by atoms with Crippen LogP contribution in [0.2, 0.25) is 10.0 Å². The van der Waals surface area contributed by atoms with Gasteiger partial charge in [-0.1, -0.05) is 23.2 Å². The standard InChI is InChI=1S/C14H11Cl2N3O2/c1-19(2)14(20)10(8-18)5-9-6-11(15)13(12(16)7-9)21-4-3-17/h5-7H,4H2,1-2H3/b10-5-. The molecule has 0 aliphatic heterocycles. The second kappa shape index (κ2) is 7.54. The SMILES string of the molecule is CN(C)C(=O)/C(C#N)=C\c1cc(Cl)c(OCC#N)c(Cl)c1. The molecule has 0 bridgehead atoms. The van der Waals surface area contributed by atoms with Crippen LogP contribution in [0.25, 0.3) is 6.08 Å². The topological polar surface area (TPSA) is 77.1 Å². The maximum atomic E-state index is 11.8. The van der Waals surface area contributed by atoms with Gasteiger partial charge in [0.15, 0.2) is 12.4 Å². The van der Waals surface area contributed by atoms with E-state index in [2.05, 4.69) is 0 Å². The third-order valence-corrected chi connectivity index (χ3v) is 2.93. The predicted molar refractivity (Wildman–Crippen MR) is 79.9 cm³/mol. The molecule has 0 fully saturated rings. The predicted octanol–water partition coefficient (Wildman–Crippen LogP) is 2.89. The summed E-state index contributed by atoms with van der Waals surface area (Å²) in [6.45, 7) is -0.183. The van der Waals surface area contributed by atoms with E-state index in [9.17, 15) is 4.79 Å². The van der Waals surface area contributed by atoms with Gasteiger partial charge in [0, 0.05) is 14.1 Å². The summed E-state index contributed by atoms with van der Waals surface area (Å²) < 4.78 is 5.10. The third-order valence-electron chi connectivity index (χ3n) is 2.37. The number of carbonyl (C=O) groups is 1. The van der Waals surface area contributed by atoms with Crippen molar-refractivity contribution in [2.75, 3.05) is 20.7 Å². The lowest BCUT2D eigenvalue weighted by molar-refractivity contribution is -0.124. The quantitative estimate of drug-likeness (QED) is 0.630. The van der Waals surface area contributed by atoms with Crippen molar-refractivity contribution in [3.05, 3.63) is 33.3 Å². The van der Waals surface area contributed by atoms with Crippen molar-refractivity contribution < 1.29 is 9.53 Å². The van der Waals surface area contributed by atoms with Crippen LogP contribution in [0.5, 0.6) is 5.75 Å². The molecule has 1 amide bonds. The fraction of sp³-hybridized carbons (Fsp3) is 0.214. The summed E-state index contributed by atoms with van der Waals surface area (Å²) in [4.78, 5) is 13.1. The van der Waals surface area contributed by atoms with Crippen molar-refractivity contribution in [2.24, 2.45) is 0 Å². The lowest BCUT2D eigenvalue weighted by atomic mass is 10.1. The van der Waals surface area contributed by atoms with Crippen molar-refractivity contribution in [3.8, 4) is 17.9 Å². The van der Waals surface area contributed by atoms with Gasteiger partial charge in [-0.15, -0.1) is 0 Å². The molecular weight excluding hydrogens is 313 g/mol. The Morgan fingerprint density at radius 2 is 1.90 bits per heavy atom. The second-order valence-electron chi connectivity index (χ2n) is 4.13. The Bertz CT molecular complexity index is 647. The van der Waals surface area contributed by atoms with Gasteiger partial charge in [-0.05, 0) is 23.8 Å². The van der Waals surface area contributed by atoms with Gasteiger partial charge >= 0.3 is 0 Å². The average molecular weight is 324 g/mol. The number of rotatable bonds is 4. The van der Waals surface area contributed by atoms with E-state index in [1.54, 1.807) is 14.1 Å². The zero-order valence-corrected chi connectivity index (χ0v) is 12.9. The molecule has 1 aromatic rings. The highest BCUT2D eigenvalue weighted by Gasteiger charge is 2.13. The number of halogens is 2.